The highest BCUT2D eigenvalue weighted by atomic mass is 16.5. The van der Waals surface area contributed by atoms with Crippen LogP contribution < -0.4 is 10.7 Å². The van der Waals surface area contributed by atoms with Crippen molar-refractivity contribution in [2.75, 3.05) is 12.4 Å². The maximum absolute atomic E-state index is 5.61. The van der Waals surface area contributed by atoms with Gasteiger partial charge in [-0.1, -0.05) is 29.8 Å². The number of aromatic nitrogens is 2. The van der Waals surface area contributed by atoms with Crippen molar-refractivity contribution in [1.82, 2.24) is 9.55 Å². The molecule has 1 fully saturated rings. The predicted molar refractivity (Wildman–Crippen MR) is 155 cm³/mol. The van der Waals surface area contributed by atoms with Crippen molar-refractivity contribution in [2.45, 2.75) is 64.5 Å². The summed E-state index contributed by atoms with van der Waals surface area (Å²) in [6, 6.07) is 21.7. The van der Waals surface area contributed by atoms with Crippen molar-refractivity contribution in [3.05, 3.63) is 83.5 Å². The summed E-state index contributed by atoms with van der Waals surface area (Å²) in [5.41, 5.74) is 9.66. The van der Waals surface area contributed by atoms with Crippen LogP contribution in [0.15, 0.2) is 82.5 Å². The van der Waals surface area contributed by atoms with Gasteiger partial charge in [0.05, 0.1) is 45.6 Å². The fourth-order valence-electron chi connectivity index (χ4n) is 5.53. The zero-order chi connectivity index (χ0) is 26.1. The molecule has 0 radical (unpaired) electrons. The SMILES string of the molecule is COC1CCC(/N=c2\cc3n(-c4ccc(C)cc4)c4ccccc4nc-3cc2NC2=CN=C(C)CC2)CC1. The third-order valence-electron chi connectivity index (χ3n) is 7.78. The van der Waals surface area contributed by atoms with E-state index in [0.29, 0.717) is 6.10 Å². The minimum atomic E-state index is 0.279. The highest BCUT2D eigenvalue weighted by molar-refractivity contribution is 5.85. The van der Waals surface area contributed by atoms with Crippen molar-refractivity contribution in [3.8, 4) is 17.1 Å². The van der Waals surface area contributed by atoms with E-state index in [1.165, 1.54) is 11.3 Å². The number of allylic oxidation sites excluding steroid dienone is 1. The number of methoxy groups -OCH3 is 1. The molecule has 2 aliphatic heterocycles. The zero-order valence-corrected chi connectivity index (χ0v) is 22.4. The molecule has 38 heavy (non-hydrogen) atoms. The molecule has 2 heterocycles. The summed E-state index contributed by atoms with van der Waals surface area (Å²) in [6.07, 6.45) is 8.40. The van der Waals surface area contributed by atoms with Crippen molar-refractivity contribution in [2.24, 2.45) is 9.98 Å². The summed E-state index contributed by atoms with van der Waals surface area (Å²) in [4.78, 5) is 15.0. The lowest BCUT2D eigenvalue weighted by atomic mass is 9.93. The van der Waals surface area contributed by atoms with Gasteiger partial charge in [0.2, 0.25) is 0 Å². The topological polar surface area (TPSA) is 63.8 Å². The Morgan fingerprint density at radius 1 is 0.947 bits per heavy atom. The van der Waals surface area contributed by atoms with Gasteiger partial charge in [0.15, 0.2) is 0 Å². The minimum Gasteiger partial charge on any atom is -0.381 e. The quantitative estimate of drug-likeness (QED) is 0.303. The summed E-state index contributed by atoms with van der Waals surface area (Å²) in [5.74, 6) is 0. The minimum absolute atomic E-state index is 0.279. The lowest BCUT2D eigenvalue weighted by Gasteiger charge is -2.25. The predicted octanol–water partition coefficient (Wildman–Crippen LogP) is 6.81. The van der Waals surface area contributed by atoms with E-state index in [4.69, 9.17) is 14.7 Å². The lowest BCUT2D eigenvalue weighted by molar-refractivity contribution is 0.0663. The third-order valence-corrected chi connectivity index (χ3v) is 7.78. The number of aryl methyl sites for hydroxylation is 1. The van der Waals surface area contributed by atoms with Crippen LogP contribution in [0.2, 0.25) is 0 Å². The maximum Gasteiger partial charge on any atom is 0.0900 e. The van der Waals surface area contributed by atoms with Crippen molar-refractivity contribution in [3.63, 3.8) is 0 Å². The smallest absolute Gasteiger partial charge is 0.0900 e. The summed E-state index contributed by atoms with van der Waals surface area (Å²) in [7, 11) is 1.82. The van der Waals surface area contributed by atoms with Crippen LogP contribution in [0, 0.1) is 6.92 Å². The number of fused-ring (bicyclic) bond motifs is 2. The molecule has 0 bridgehead atoms. The number of hydrogen-bond acceptors (Lipinski definition) is 5. The van der Waals surface area contributed by atoms with Crippen LogP contribution in [0.4, 0.5) is 5.69 Å². The third kappa shape index (κ3) is 5.01. The van der Waals surface area contributed by atoms with Gasteiger partial charge < -0.3 is 14.6 Å². The van der Waals surface area contributed by atoms with E-state index in [0.717, 1.165) is 83.4 Å². The molecular formula is C32H35N5O. The van der Waals surface area contributed by atoms with E-state index < -0.39 is 0 Å². The van der Waals surface area contributed by atoms with Gasteiger partial charge >= 0.3 is 0 Å². The van der Waals surface area contributed by atoms with E-state index >= 15 is 0 Å². The first-order valence-electron chi connectivity index (χ1n) is 13.7. The Balaban J connectivity index is 1.55. The Morgan fingerprint density at radius 2 is 1.74 bits per heavy atom. The van der Waals surface area contributed by atoms with Crippen LogP contribution in [0.1, 0.15) is 51.0 Å². The molecule has 6 rings (SSSR count). The number of rotatable bonds is 5. The molecule has 0 atom stereocenters. The molecule has 2 aromatic rings. The number of aliphatic imine (C=N–C) groups is 1. The van der Waals surface area contributed by atoms with Crippen LogP contribution >= 0.6 is 0 Å². The Labute approximate surface area is 224 Å². The van der Waals surface area contributed by atoms with Gasteiger partial charge in [-0.25, -0.2) is 4.98 Å². The number of nitrogens with zero attached hydrogens (tertiary/aromatic N) is 4. The molecule has 194 valence electrons. The Hall–Kier alpha value is -3.77. The number of benzene rings is 3. The number of para-hydroxylation sites is 2. The molecule has 1 N–H and O–H groups in total. The van der Waals surface area contributed by atoms with Crippen molar-refractivity contribution in [1.29, 1.82) is 0 Å². The Bertz CT molecular complexity index is 1560. The van der Waals surface area contributed by atoms with E-state index in [-0.39, 0.29) is 6.04 Å². The first-order valence-corrected chi connectivity index (χ1v) is 13.7. The Morgan fingerprint density at radius 3 is 2.47 bits per heavy atom. The number of hydrogen-bond donors (Lipinski definition) is 1. The lowest BCUT2D eigenvalue weighted by Crippen LogP contribution is -2.25. The van der Waals surface area contributed by atoms with Crippen LogP contribution in [0.5, 0.6) is 0 Å². The summed E-state index contributed by atoms with van der Waals surface area (Å²) >= 11 is 0. The van der Waals surface area contributed by atoms with E-state index in [1.807, 2.05) is 19.4 Å². The average molecular weight is 506 g/mol. The van der Waals surface area contributed by atoms with Crippen LogP contribution in [0.3, 0.4) is 0 Å². The molecule has 0 saturated heterocycles. The largest absolute Gasteiger partial charge is 0.381 e. The molecule has 2 aromatic carbocycles. The summed E-state index contributed by atoms with van der Waals surface area (Å²) in [5, 5.41) is 4.65. The second-order valence-electron chi connectivity index (χ2n) is 10.6. The second-order valence-corrected chi connectivity index (χ2v) is 10.6. The van der Waals surface area contributed by atoms with E-state index in [1.54, 1.807) is 0 Å². The summed E-state index contributed by atoms with van der Waals surface area (Å²) < 4.78 is 7.92. The van der Waals surface area contributed by atoms with Gasteiger partial charge in [0, 0.05) is 30.4 Å². The van der Waals surface area contributed by atoms with Crippen molar-refractivity contribution < 1.29 is 4.74 Å². The molecule has 0 aromatic heterocycles. The molecule has 0 amide bonds. The van der Waals surface area contributed by atoms with Crippen LogP contribution in [-0.4, -0.2) is 34.5 Å². The van der Waals surface area contributed by atoms with Gasteiger partial charge in [0.1, 0.15) is 0 Å². The number of ether oxygens (including phenoxy) is 1. The first kappa shape index (κ1) is 24.6. The highest BCUT2D eigenvalue weighted by Crippen LogP contribution is 2.31. The Kier molecular flexibility index (Phi) is 6.81. The number of nitrogens with one attached hydrogen (secondary N) is 1. The van der Waals surface area contributed by atoms with Gasteiger partial charge in [-0.2, -0.15) is 0 Å². The fourth-order valence-corrected chi connectivity index (χ4v) is 5.53. The first-order chi connectivity index (χ1) is 18.6. The maximum atomic E-state index is 5.61. The zero-order valence-electron chi connectivity index (χ0n) is 22.4. The van der Waals surface area contributed by atoms with E-state index in [9.17, 15) is 0 Å². The molecule has 2 aliphatic carbocycles. The second kappa shape index (κ2) is 10.5. The molecule has 0 unspecified atom stereocenters. The van der Waals surface area contributed by atoms with E-state index in [2.05, 4.69) is 83.3 Å². The van der Waals surface area contributed by atoms with Gasteiger partial charge in [-0.3, -0.25) is 9.98 Å². The van der Waals surface area contributed by atoms with Gasteiger partial charge in [0.25, 0.3) is 0 Å². The van der Waals surface area contributed by atoms with Crippen molar-refractivity contribution >= 4 is 22.4 Å². The molecule has 4 aliphatic rings. The van der Waals surface area contributed by atoms with Gasteiger partial charge in [-0.05, 0) is 88.8 Å². The fraction of sp³-hybridized carbons (Fsp3) is 0.344. The van der Waals surface area contributed by atoms with Crippen LogP contribution in [0.25, 0.3) is 28.1 Å². The molecule has 0 spiro atoms. The highest BCUT2D eigenvalue weighted by Gasteiger charge is 2.22. The monoisotopic (exact) mass is 505 g/mol. The molecule has 6 heteroatoms. The molecule has 6 nitrogen and oxygen atoms in total. The normalized spacial score (nSPS) is 20.4. The number of anilines is 1. The molecular weight excluding hydrogens is 470 g/mol. The van der Waals surface area contributed by atoms with Crippen LogP contribution in [-0.2, 0) is 4.74 Å². The average Bonchev–Trinajstić information content (AvgIpc) is 2.94. The van der Waals surface area contributed by atoms with Gasteiger partial charge in [-0.15, -0.1) is 0 Å². The molecule has 1 saturated carbocycles. The summed E-state index contributed by atoms with van der Waals surface area (Å²) in [6.45, 7) is 4.20. The standard InChI is InChI=1S/C32H35N5O/c1-21-8-14-25(15-9-21)37-31-7-5-4-6-27(31)36-30-18-28(35-24-11-10-22(2)33-20-24)29(19-32(30)37)34-23-12-16-26(38-3)17-13-23/h4-9,14-15,18-20,23,26,35H,10-13,16-17H2,1-3H3/b34-29+.